The van der Waals surface area contributed by atoms with Gasteiger partial charge in [0.25, 0.3) is 0 Å². The lowest BCUT2D eigenvalue weighted by Gasteiger charge is -2.23. The van der Waals surface area contributed by atoms with Crippen LogP contribution in [0.5, 0.6) is 0 Å². The molecule has 0 saturated heterocycles. The van der Waals surface area contributed by atoms with E-state index in [1.54, 1.807) is 7.11 Å². The summed E-state index contributed by atoms with van der Waals surface area (Å²) in [6.45, 7) is 5.07. The van der Waals surface area contributed by atoms with E-state index in [9.17, 15) is 0 Å². The minimum Gasteiger partial charge on any atom is -0.383 e. The molecule has 0 bridgehead atoms. The van der Waals surface area contributed by atoms with Crippen LogP contribution in [0.1, 0.15) is 13.8 Å². The molecule has 0 radical (unpaired) electrons. The number of benzene rings is 1. The predicted octanol–water partition coefficient (Wildman–Crippen LogP) is 3.32. The maximum atomic E-state index is 5.27. The van der Waals surface area contributed by atoms with Crippen molar-refractivity contribution < 1.29 is 4.74 Å². The quantitative estimate of drug-likeness (QED) is 0.876. The summed E-state index contributed by atoms with van der Waals surface area (Å²) in [6, 6.07) is 10.5. The topological polar surface area (TPSA) is 34.1 Å². The molecular weight excluding hydrogens is 224 g/mol. The zero-order valence-electron chi connectivity index (χ0n) is 11.2. The van der Waals surface area contributed by atoms with Crippen LogP contribution in [0.25, 0.3) is 10.9 Å². The summed E-state index contributed by atoms with van der Waals surface area (Å²) in [6.07, 6.45) is 1.83. The minimum atomic E-state index is 0.294. The van der Waals surface area contributed by atoms with E-state index in [4.69, 9.17) is 4.74 Å². The Morgan fingerprint density at radius 2 is 2.00 bits per heavy atom. The van der Waals surface area contributed by atoms with E-state index in [1.807, 2.05) is 12.3 Å². The number of methoxy groups -OCH3 is 1. The first-order valence-corrected chi connectivity index (χ1v) is 6.31. The fourth-order valence-electron chi connectivity index (χ4n) is 2.00. The minimum absolute atomic E-state index is 0.294. The molecule has 3 nitrogen and oxygen atoms in total. The molecule has 0 aliphatic heterocycles. The molecule has 0 amide bonds. The van der Waals surface area contributed by atoms with Gasteiger partial charge in [0.05, 0.1) is 23.9 Å². The molecule has 0 aliphatic carbocycles. The molecule has 0 aliphatic rings. The van der Waals surface area contributed by atoms with Gasteiger partial charge in [-0.15, -0.1) is 0 Å². The van der Waals surface area contributed by atoms with Crippen molar-refractivity contribution in [2.75, 3.05) is 19.0 Å². The summed E-state index contributed by atoms with van der Waals surface area (Å²) >= 11 is 0. The maximum absolute atomic E-state index is 5.27. The van der Waals surface area contributed by atoms with Gasteiger partial charge in [-0.25, -0.2) is 0 Å². The van der Waals surface area contributed by atoms with E-state index in [0.29, 0.717) is 18.6 Å². The molecule has 96 valence electrons. The smallest absolute Gasteiger partial charge is 0.0933 e. The van der Waals surface area contributed by atoms with E-state index in [0.717, 1.165) is 16.6 Å². The van der Waals surface area contributed by atoms with Crippen molar-refractivity contribution in [2.24, 2.45) is 5.92 Å². The number of para-hydroxylation sites is 1. The number of hydrogen-bond acceptors (Lipinski definition) is 3. The summed E-state index contributed by atoms with van der Waals surface area (Å²) < 4.78 is 5.27. The largest absolute Gasteiger partial charge is 0.383 e. The zero-order chi connectivity index (χ0) is 13.0. The SMILES string of the molecule is COCC(Nc1cccc2cccnc12)C(C)C. The molecule has 1 heterocycles. The fourth-order valence-corrected chi connectivity index (χ4v) is 2.00. The first kappa shape index (κ1) is 12.8. The van der Waals surface area contributed by atoms with Crippen LogP contribution in [0.2, 0.25) is 0 Å². The second kappa shape index (κ2) is 5.83. The van der Waals surface area contributed by atoms with Gasteiger partial charge in [-0.05, 0) is 18.1 Å². The lowest BCUT2D eigenvalue weighted by molar-refractivity contribution is 0.171. The van der Waals surface area contributed by atoms with Crippen molar-refractivity contribution in [3.8, 4) is 0 Å². The third-order valence-electron chi connectivity index (χ3n) is 3.12. The van der Waals surface area contributed by atoms with Crippen molar-refractivity contribution in [1.29, 1.82) is 0 Å². The number of anilines is 1. The average Bonchev–Trinajstić information content (AvgIpc) is 2.38. The number of aromatic nitrogens is 1. The first-order valence-electron chi connectivity index (χ1n) is 6.31. The van der Waals surface area contributed by atoms with E-state index < -0.39 is 0 Å². The highest BCUT2D eigenvalue weighted by molar-refractivity contribution is 5.90. The van der Waals surface area contributed by atoms with Crippen LogP contribution < -0.4 is 5.32 Å². The standard InChI is InChI=1S/C15H20N2O/c1-11(2)14(10-18-3)17-13-8-4-6-12-7-5-9-16-15(12)13/h4-9,11,14,17H,10H2,1-3H3. The second-order valence-corrected chi connectivity index (χ2v) is 4.83. The van der Waals surface area contributed by atoms with Crippen molar-refractivity contribution in [3.63, 3.8) is 0 Å². The lowest BCUT2D eigenvalue weighted by atomic mass is 10.0. The Morgan fingerprint density at radius 1 is 1.22 bits per heavy atom. The van der Waals surface area contributed by atoms with E-state index in [2.05, 4.69) is 48.4 Å². The van der Waals surface area contributed by atoms with Crippen LogP contribution in [0.3, 0.4) is 0 Å². The number of pyridine rings is 1. The van der Waals surface area contributed by atoms with E-state index in [-0.39, 0.29) is 0 Å². The van der Waals surface area contributed by atoms with Gasteiger partial charge in [0.2, 0.25) is 0 Å². The highest BCUT2D eigenvalue weighted by atomic mass is 16.5. The summed E-state index contributed by atoms with van der Waals surface area (Å²) in [5, 5.41) is 4.69. The molecule has 1 N–H and O–H groups in total. The molecule has 0 saturated carbocycles. The Bertz CT molecular complexity index is 505. The Hall–Kier alpha value is -1.61. The van der Waals surface area contributed by atoms with Gasteiger partial charge in [0.1, 0.15) is 0 Å². The summed E-state index contributed by atoms with van der Waals surface area (Å²) in [7, 11) is 1.73. The van der Waals surface area contributed by atoms with Crippen molar-refractivity contribution >= 4 is 16.6 Å². The van der Waals surface area contributed by atoms with Gasteiger partial charge in [0.15, 0.2) is 0 Å². The van der Waals surface area contributed by atoms with Gasteiger partial charge >= 0.3 is 0 Å². The monoisotopic (exact) mass is 244 g/mol. The van der Waals surface area contributed by atoms with Gasteiger partial charge < -0.3 is 10.1 Å². The summed E-state index contributed by atoms with van der Waals surface area (Å²) in [4.78, 5) is 4.45. The van der Waals surface area contributed by atoms with Gasteiger partial charge in [-0.1, -0.05) is 32.0 Å². The number of fused-ring (bicyclic) bond motifs is 1. The molecular formula is C15H20N2O. The molecule has 3 heteroatoms. The summed E-state index contributed by atoms with van der Waals surface area (Å²) in [5.41, 5.74) is 2.09. The number of rotatable bonds is 5. The van der Waals surface area contributed by atoms with Crippen LogP contribution in [0, 0.1) is 5.92 Å². The van der Waals surface area contributed by atoms with Crippen LogP contribution in [0.4, 0.5) is 5.69 Å². The average molecular weight is 244 g/mol. The number of nitrogens with zero attached hydrogens (tertiary/aromatic N) is 1. The Morgan fingerprint density at radius 3 is 2.72 bits per heavy atom. The van der Waals surface area contributed by atoms with Crippen LogP contribution >= 0.6 is 0 Å². The number of hydrogen-bond donors (Lipinski definition) is 1. The van der Waals surface area contributed by atoms with Crippen molar-refractivity contribution in [1.82, 2.24) is 4.98 Å². The summed E-state index contributed by atoms with van der Waals surface area (Å²) in [5.74, 6) is 0.504. The van der Waals surface area contributed by atoms with E-state index in [1.165, 1.54) is 0 Å². The number of nitrogens with one attached hydrogen (secondary N) is 1. The predicted molar refractivity (Wildman–Crippen MR) is 75.9 cm³/mol. The maximum Gasteiger partial charge on any atom is 0.0933 e. The Labute approximate surface area is 108 Å². The zero-order valence-corrected chi connectivity index (χ0v) is 11.2. The molecule has 1 aromatic carbocycles. The van der Waals surface area contributed by atoms with E-state index >= 15 is 0 Å². The molecule has 2 aromatic rings. The first-order chi connectivity index (χ1) is 8.72. The number of ether oxygens (including phenoxy) is 1. The van der Waals surface area contributed by atoms with Gasteiger partial charge in [-0.2, -0.15) is 0 Å². The highest BCUT2D eigenvalue weighted by Crippen LogP contribution is 2.22. The Balaban J connectivity index is 2.30. The van der Waals surface area contributed by atoms with Crippen LogP contribution in [0.15, 0.2) is 36.5 Å². The van der Waals surface area contributed by atoms with Gasteiger partial charge in [-0.3, -0.25) is 4.98 Å². The Kier molecular flexibility index (Phi) is 4.15. The molecule has 18 heavy (non-hydrogen) atoms. The molecule has 1 unspecified atom stereocenters. The van der Waals surface area contributed by atoms with Crippen molar-refractivity contribution in [2.45, 2.75) is 19.9 Å². The molecule has 0 spiro atoms. The molecule has 0 fully saturated rings. The highest BCUT2D eigenvalue weighted by Gasteiger charge is 2.14. The normalized spacial score (nSPS) is 12.9. The van der Waals surface area contributed by atoms with Crippen LogP contribution in [-0.4, -0.2) is 24.7 Å². The van der Waals surface area contributed by atoms with Crippen molar-refractivity contribution in [3.05, 3.63) is 36.5 Å². The molecule has 1 atom stereocenters. The van der Waals surface area contributed by atoms with Crippen LogP contribution in [-0.2, 0) is 4.74 Å². The molecule has 1 aromatic heterocycles. The lowest BCUT2D eigenvalue weighted by Crippen LogP contribution is -2.30. The fraction of sp³-hybridized carbons (Fsp3) is 0.400. The third-order valence-corrected chi connectivity index (χ3v) is 3.12. The molecule has 2 rings (SSSR count). The second-order valence-electron chi connectivity index (χ2n) is 4.83. The third kappa shape index (κ3) is 2.79. The van der Waals surface area contributed by atoms with Gasteiger partial charge in [0, 0.05) is 18.7 Å².